The molecule has 1 aromatic heterocycles. The van der Waals surface area contributed by atoms with Crippen LogP contribution in [0.2, 0.25) is 0 Å². The summed E-state index contributed by atoms with van der Waals surface area (Å²) in [6.07, 6.45) is 5.60. The van der Waals surface area contributed by atoms with Crippen molar-refractivity contribution in [1.29, 1.82) is 0 Å². The molecule has 0 atom stereocenters. The normalized spacial score (nSPS) is 17.5. The van der Waals surface area contributed by atoms with E-state index in [4.69, 9.17) is 9.26 Å². The monoisotopic (exact) mass is 476 g/mol. The predicted molar refractivity (Wildman–Crippen MR) is 123 cm³/mol. The maximum atomic E-state index is 13.8. The quantitative estimate of drug-likeness (QED) is 0.601. The van der Waals surface area contributed by atoms with E-state index in [0.717, 1.165) is 32.1 Å². The highest BCUT2D eigenvalue weighted by Gasteiger charge is 2.37. The number of nitrogens with zero attached hydrogens (tertiary/aromatic N) is 4. The molecule has 1 aliphatic heterocycles. The number of benzene rings is 1. The molecule has 33 heavy (non-hydrogen) atoms. The molecule has 1 fully saturated rings. The molecule has 2 aromatic rings. The summed E-state index contributed by atoms with van der Waals surface area (Å²) in [4.78, 5) is 18.7. The summed E-state index contributed by atoms with van der Waals surface area (Å²) in [6, 6.07) is 3.12. The topological polar surface area (TPSA) is 106 Å². The third kappa shape index (κ3) is 4.63. The maximum absolute atomic E-state index is 13.8. The van der Waals surface area contributed by atoms with Crippen molar-refractivity contribution in [2.45, 2.75) is 89.7 Å². The Morgan fingerprint density at radius 2 is 1.94 bits per heavy atom. The molecular formula is C23H32N4O5S. The van der Waals surface area contributed by atoms with Crippen LogP contribution in [0.4, 0.5) is 5.69 Å². The molecule has 0 spiro atoms. The minimum absolute atomic E-state index is 0.00387. The number of aryl methyl sites for hydroxylation is 2. The molecule has 2 heterocycles. The van der Waals surface area contributed by atoms with E-state index in [2.05, 4.69) is 10.1 Å². The van der Waals surface area contributed by atoms with Gasteiger partial charge >= 0.3 is 0 Å². The number of fused-ring (bicyclic) bond motifs is 1. The van der Waals surface area contributed by atoms with Crippen LogP contribution in [-0.4, -0.2) is 47.5 Å². The summed E-state index contributed by atoms with van der Waals surface area (Å²) in [5.74, 6) is 1.02. The molecule has 10 heteroatoms. The average molecular weight is 477 g/mol. The van der Waals surface area contributed by atoms with E-state index < -0.39 is 10.0 Å². The lowest BCUT2D eigenvalue weighted by atomic mass is 9.95. The number of anilines is 1. The summed E-state index contributed by atoms with van der Waals surface area (Å²) in [5.41, 5.74) is 1.08. The minimum Gasteiger partial charge on any atom is -0.482 e. The lowest BCUT2D eigenvalue weighted by Crippen LogP contribution is -2.46. The van der Waals surface area contributed by atoms with Gasteiger partial charge in [0.25, 0.3) is 5.91 Å². The van der Waals surface area contributed by atoms with Crippen LogP contribution in [-0.2, 0) is 27.8 Å². The van der Waals surface area contributed by atoms with E-state index in [1.165, 1.54) is 4.90 Å². The number of rotatable bonds is 7. The Hall–Kier alpha value is -2.46. The molecule has 0 N–H and O–H groups in total. The van der Waals surface area contributed by atoms with Gasteiger partial charge in [0.05, 0.1) is 17.1 Å². The fourth-order valence-corrected chi connectivity index (χ4v) is 6.87. The average Bonchev–Trinajstić information content (AvgIpc) is 3.23. The van der Waals surface area contributed by atoms with Crippen LogP contribution in [0, 0.1) is 6.92 Å². The van der Waals surface area contributed by atoms with Crippen molar-refractivity contribution in [2.24, 2.45) is 0 Å². The first-order chi connectivity index (χ1) is 15.7. The van der Waals surface area contributed by atoms with Crippen molar-refractivity contribution in [3.8, 4) is 5.75 Å². The van der Waals surface area contributed by atoms with Gasteiger partial charge in [-0.2, -0.15) is 9.29 Å². The summed E-state index contributed by atoms with van der Waals surface area (Å²) in [7, 11) is -3.74. The van der Waals surface area contributed by atoms with E-state index in [0.29, 0.717) is 35.1 Å². The summed E-state index contributed by atoms with van der Waals surface area (Å²) in [5, 5.41) is 3.94. The smallest absolute Gasteiger partial charge is 0.265 e. The Morgan fingerprint density at radius 1 is 1.21 bits per heavy atom. The fraction of sp³-hybridized carbons (Fsp3) is 0.609. The molecule has 1 aromatic carbocycles. The SMILES string of the molecule is CCc1nc(CN2C(=O)COc3cc(S(=O)(=O)N(C(C)C)C4CCCCC4)c(C)cc32)no1. The third-order valence-electron chi connectivity index (χ3n) is 6.31. The van der Waals surface area contributed by atoms with Gasteiger partial charge in [0.2, 0.25) is 15.9 Å². The molecule has 9 nitrogen and oxygen atoms in total. The van der Waals surface area contributed by atoms with Gasteiger partial charge in [-0.1, -0.05) is 31.3 Å². The zero-order chi connectivity index (χ0) is 23.8. The summed E-state index contributed by atoms with van der Waals surface area (Å²) in [6.45, 7) is 7.46. The highest BCUT2D eigenvalue weighted by atomic mass is 32.2. The van der Waals surface area contributed by atoms with Gasteiger partial charge in [-0.05, 0) is 45.2 Å². The van der Waals surface area contributed by atoms with E-state index in [1.807, 2.05) is 20.8 Å². The summed E-state index contributed by atoms with van der Waals surface area (Å²) >= 11 is 0. The van der Waals surface area contributed by atoms with Crippen molar-refractivity contribution in [2.75, 3.05) is 11.5 Å². The second-order valence-electron chi connectivity index (χ2n) is 9.03. The zero-order valence-corrected chi connectivity index (χ0v) is 20.5. The Morgan fingerprint density at radius 3 is 2.58 bits per heavy atom. The van der Waals surface area contributed by atoms with Crippen molar-refractivity contribution in [3.05, 3.63) is 29.4 Å². The molecular weight excluding hydrogens is 444 g/mol. The van der Waals surface area contributed by atoms with E-state index >= 15 is 0 Å². The molecule has 0 saturated heterocycles. The fourth-order valence-electron chi connectivity index (χ4n) is 4.77. The van der Waals surface area contributed by atoms with Crippen LogP contribution >= 0.6 is 0 Å². The van der Waals surface area contributed by atoms with Crippen LogP contribution < -0.4 is 9.64 Å². The maximum Gasteiger partial charge on any atom is 0.265 e. The van der Waals surface area contributed by atoms with Crippen molar-refractivity contribution in [1.82, 2.24) is 14.4 Å². The van der Waals surface area contributed by atoms with E-state index in [1.54, 1.807) is 23.4 Å². The number of carbonyl (C=O) groups excluding carboxylic acids is 1. The molecule has 0 bridgehead atoms. The predicted octanol–water partition coefficient (Wildman–Crippen LogP) is 3.60. The van der Waals surface area contributed by atoms with Gasteiger partial charge in [-0.15, -0.1) is 0 Å². The van der Waals surface area contributed by atoms with Crippen molar-refractivity contribution in [3.63, 3.8) is 0 Å². The number of hydrogen-bond donors (Lipinski definition) is 0. The second kappa shape index (κ2) is 9.42. The lowest BCUT2D eigenvalue weighted by Gasteiger charge is -2.37. The molecule has 4 rings (SSSR count). The first-order valence-electron chi connectivity index (χ1n) is 11.6. The number of hydrogen-bond acceptors (Lipinski definition) is 7. The van der Waals surface area contributed by atoms with Gasteiger partial charge in [0, 0.05) is 24.6 Å². The Labute approximate surface area is 195 Å². The van der Waals surface area contributed by atoms with Gasteiger partial charge in [0.15, 0.2) is 12.4 Å². The highest BCUT2D eigenvalue weighted by molar-refractivity contribution is 7.89. The first-order valence-corrected chi connectivity index (χ1v) is 13.1. The van der Waals surface area contributed by atoms with Crippen LogP contribution in [0.25, 0.3) is 0 Å². The van der Waals surface area contributed by atoms with Crippen LogP contribution in [0.1, 0.15) is 70.2 Å². The molecule has 0 radical (unpaired) electrons. The zero-order valence-electron chi connectivity index (χ0n) is 19.7. The molecule has 1 aliphatic carbocycles. The second-order valence-corrected chi connectivity index (χ2v) is 10.8. The van der Waals surface area contributed by atoms with E-state index in [9.17, 15) is 13.2 Å². The van der Waals surface area contributed by atoms with Crippen LogP contribution in [0.3, 0.4) is 0 Å². The number of amides is 1. The number of sulfonamides is 1. The minimum atomic E-state index is -3.74. The molecule has 180 valence electrons. The summed E-state index contributed by atoms with van der Waals surface area (Å²) < 4.78 is 40.1. The van der Waals surface area contributed by atoms with E-state index in [-0.39, 0.29) is 36.0 Å². The molecule has 1 amide bonds. The van der Waals surface area contributed by atoms with Crippen LogP contribution in [0.5, 0.6) is 5.75 Å². The van der Waals surface area contributed by atoms with Gasteiger partial charge < -0.3 is 9.26 Å². The van der Waals surface area contributed by atoms with Crippen LogP contribution in [0.15, 0.2) is 21.6 Å². The van der Waals surface area contributed by atoms with Crippen molar-refractivity contribution >= 4 is 21.6 Å². The Kier molecular flexibility index (Phi) is 6.76. The molecule has 0 unspecified atom stereocenters. The molecule has 1 saturated carbocycles. The largest absolute Gasteiger partial charge is 0.482 e. The third-order valence-corrected chi connectivity index (χ3v) is 8.58. The Balaban J connectivity index is 1.69. The Bertz CT molecular complexity index is 1120. The molecule has 2 aliphatic rings. The first kappa shape index (κ1) is 23.7. The van der Waals surface area contributed by atoms with Gasteiger partial charge in [0.1, 0.15) is 5.75 Å². The lowest BCUT2D eigenvalue weighted by molar-refractivity contribution is -0.121. The number of aromatic nitrogens is 2. The number of ether oxygens (including phenoxy) is 1. The standard InChI is InChI=1S/C23H32N4O5S/c1-5-22-24-21(25-32-22)13-26-18-11-16(4)20(12-19(18)31-14-23(26)28)33(29,30)27(15(2)3)17-9-7-6-8-10-17/h11-12,15,17H,5-10,13-14H2,1-4H3. The van der Waals surface area contributed by atoms with Gasteiger partial charge in [-0.3, -0.25) is 9.69 Å². The number of carbonyl (C=O) groups is 1. The highest BCUT2D eigenvalue weighted by Crippen LogP contribution is 2.39. The van der Waals surface area contributed by atoms with Gasteiger partial charge in [-0.25, -0.2) is 8.42 Å². The van der Waals surface area contributed by atoms with Crippen molar-refractivity contribution < 1.29 is 22.5 Å².